The number of nitrogens with zero attached hydrogens (tertiary/aromatic N) is 2. The fourth-order valence-corrected chi connectivity index (χ4v) is 3.00. The van der Waals surface area contributed by atoms with Crippen LogP contribution in [0.3, 0.4) is 0 Å². The molecule has 1 aliphatic heterocycles. The van der Waals surface area contributed by atoms with Gasteiger partial charge >= 0.3 is 0 Å². The van der Waals surface area contributed by atoms with E-state index in [-0.39, 0.29) is 5.91 Å². The van der Waals surface area contributed by atoms with Crippen LogP contribution >= 0.6 is 0 Å². The number of aromatic nitrogens is 1. The lowest BCUT2D eigenvalue weighted by Gasteiger charge is -2.17. The van der Waals surface area contributed by atoms with Crippen molar-refractivity contribution in [3.63, 3.8) is 0 Å². The van der Waals surface area contributed by atoms with E-state index in [9.17, 15) is 4.79 Å². The van der Waals surface area contributed by atoms with E-state index in [0.29, 0.717) is 17.5 Å². The molecule has 0 saturated carbocycles. The van der Waals surface area contributed by atoms with Crippen LogP contribution in [0.15, 0.2) is 30.4 Å². The van der Waals surface area contributed by atoms with E-state index in [1.54, 1.807) is 0 Å². The van der Waals surface area contributed by atoms with Crippen LogP contribution in [0.25, 0.3) is 0 Å². The molecule has 2 unspecified atom stereocenters. The summed E-state index contributed by atoms with van der Waals surface area (Å²) in [5.41, 5.74) is 1.49. The van der Waals surface area contributed by atoms with Gasteiger partial charge < -0.3 is 4.90 Å². The van der Waals surface area contributed by atoms with E-state index in [1.165, 1.54) is 0 Å². The lowest BCUT2D eigenvalue weighted by Crippen LogP contribution is -2.29. The zero-order chi connectivity index (χ0) is 12.5. The zero-order valence-corrected chi connectivity index (χ0v) is 10.7. The van der Waals surface area contributed by atoms with Gasteiger partial charge in [0, 0.05) is 18.8 Å². The first-order valence-electron chi connectivity index (χ1n) is 6.62. The normalized spacial score (nSPS) is 26.2. The average Bonchev–Trinajstić information content (AvgIpc) is 2.81. The van der Waals surface area contributed by atoms with Gasteiger partial charge in [0.05, 0.1) is 0 Å². The molecule has 1 aliphatic carbocycles. The Bertz CT molecular complexity index is 479. The fraction of sp³-hybridized carbons (Fsp3) is 0.467. The number of pyridine rings is 1. The van der Waals surface area contributed by atoms with Gasteiger partial charge in [0.25, 0.3) is 5.91 Å². The second-order valence-corrected chi connectivity index (χ2v) is 5.34. The summed E-state index contributed by atoms with van der Waals surface area (Å²) in [6, 6.07) is 5.64. The van der Waals surface area contributed by atoms with Gasteiger partial charge in [-0.1, -0.05) is 18.2 Å². The summed E-state index contributed by atoms with van der Waals surface area (Å²) in [4.78, 5) is 18.7. The highest BCUT2D eigenvalue weighted by atomic mass is 16.2. The van der Waals surface area contributed by atoms with Crippen LogP contribution in [0, 0.1) is 18.8 Å². The summed E-state index contributed by atoms with van der Waals surface area (Å²) < 4.78 is 0. The standard InChI is InChI=1S/C15H18N2O/c1-11-5-4-8-14(16-11)15(18)17-9-12-6-2-3-7-13(12)10-17/h2-5,8,12-13H,6-7,9-10H2,1H3. The predicted octanol–water partition coefficient (Wildman–Crippen LogP) is 2.43. The summed E-state index contributed by atoms with van der Waals surface area (Å²) in [6.45, 7) is 3.71. The second-order valence-electron chi connectivity index (χ2n) is 5.34. The Kier molecular flexibility index (Phi) is 2.90. The van der Waals surface area contributed by atoms with Crippen LogP contribution in [-0.2, 0) is 0 Å². The second kappa shape index (κ2) is 4.56. The Labute approximate surface area is 108 Å². The highest BCUT2D eigenvalue weighted by Crippen LogP contribution is 2.33. The van der Waals surface area contributed by atoms with Crippen molar-refractivity contribution in [2.45, 2.75) is 19.8 Å². The van der Waals surface area contributed by atoms with E-state index in [4.69, 9.17) is 0 Å². The van der Waals surface area contributed by atoms with Crippen molar-refractivity contribution >= 4 is 5.91 Å². The van der Waals surface area contributed by atoms with Gasteiger partial charge in [-0.3, -0.25) is 4.79 Å². The predicted molar refractivity (Wildman–Crippen MR) is 70.2 cm³/mol. The van der Waals surface area contributed by atoms with Gasteiger partial charge in [-0.25, -0.2) is 4.98 Å². The number of hydrogen-bond acceptors (Lipinski definition) is 2. The molecule has 1 amide bonds. The molecular weight excluding hydrogens is 224 g/mol. The summed E-state index contributed by atoms with van der Waals surface area (Å²) in [5, 5.41) is 0. The van der Waals surface area contributed by atoms with Crippen molar-refractivity contribution in [3.8, 4) is 0 Å². The van der Waals surface area contributed by atoms with Crippen molar-refractivity contribution in [1.29, 1.82) is 0 Å². The number of allylic oxidation sites excluding steroid dienone is 2. The summed E-state index contributed by atoms with van der Waals surface area (Å²) in [5.74, 6) is 1.40. The SMILES string of the molecule is Cc1cccc(C(=O)N2CC3CC=CCC3C2)n1. The highest BCUT2D eigenvalue weighted by Gasteiger charge is 2.35. The number of carbonyl (C=O) groups excluding carboxylic acids is 1. The van der Waals surface area contributed by atoms with Crippen LogP contribution in [0.2, 0.25) is 0 Å². The number of amides is 1. The molecule has 0 N–H and O–H groups in total. The fourth-order valence-electron chi connectivity index (χ4n) is 3.00. The molecule has 2 atom stereocenters. The Hall–Kier alpha value is -1.64. The molecule has 0 bridgehead atoms. The lowest BCUT2D eigenvalue weighted by molar-refractivity contribution is 0.0778. The first-order chi connectivity index (χ1) is 8.74. The minimum atomic E-state index is 0.0908. The lowest BCUT2D eigenvalue weighted by atomic mass is 9.86. The highest BCUT2D eigenvalue weighted by molar-refractivity contribution is 5.92. The van der Waals surface area contributed by atoms with Gasteiger partial charge in [0.2, 0.25) is 0 Å². The van der Waals surface area contributed by atoms with Crippen molar-refractivity contribution in [3.05, 3.63) is 41.7 Å². The third kappa shape index (κ3) is 2.05. The Balaban J connectivity index is 1.75. The quantitative estimate of drug-likeness (QED) is 0.709. The van der Waals surface area contributed by atoms with Gasteiger partial charge in [-0.2, -0.15) is 0 Å². The largest absolute Gasteiger partial charge is 0.337 e. The minimum Gasteiger partial charge on any atom is -0.337 e. The number of likely N-dealkylation sites (tertiary alicyclic amines) is 1. The first kappa shape index (κ1) is 11.5. The van der Waals surface area contributed by atoms with Gasteiger partial charge in [0.15, 0.2) is 0 Å². The molecule has 18 heavy (non-hydrogen) atoms. The first-order valence-corrected chi connectivity index (χ1v) is 6.62. The number of fused-ring (bicyclic) bond motifs is 1. The number of aryl methyl sites for hydroxylation is 1. The van der Waals surface area contributed by atoms with Crippen LogP contribution < -0.4 is 0 Å². The molecule has 1 saturated heterocycles. The molecule has 1 aromatic rings. The average molecular weight is 242 g/mol. The van der Waals surface area contributed by atoms with E-state index in [1.807, 2.05) is 30.0 Å². The van der Waals surface area contributed by atoms with Gasteiger partial charge in [-0.15, -0.1) is 0 Å². The maximum Gasteiger partial charge on any atom is 0.272 e. The number of rotatable bonds is 1. The van der Waals surface area contributed by atoms with Gasteiger partial charge in [0.1, 0.15) is 5.69 Å². The minimum absolute atomic E-state index is 0.0908. The van der Waals surface area contributed by atoms with E-state index in [2.05, 4.69) is 17.1 Å². The topological polar surface area (TPSA) is 33.2 Å². The van der Waals surface area contributed by atoms with Gasteiger partial charge in [-0.05, 0) is 43.7 Å². The maximum absolute atomic E-state index is 12.4. The molecule has 0 spiro atoms. The Morgan fingerprint density at radius 2 is 1.89 bits per heavy atom. The van der Waals surface area contributed by atoms with E-state index >= 15 is 0 Å². The monoisotopic (exact) mass is 242 g/mol. The van der Waals surface area contributed by atoms with Crippen LogP contribution in [-0.4, -0.2) is 28.9 Å². The number of hydrogen-bond donors (Lipinski definition) is 0. The van der Waals surface area contributed by atoms with Crippen LogP contribution in [0.5, 0.6) is 0 Å². The molecule has 94 valence electrons. The van der Waals surface area contributed by atoms with Crippen molar-refractivity contribution in [1.82, 2.24) is 9.88 Å². The van der Waals surface area contributed by atoms with E-state index in [0.717, 1.165) is 31.6 Å². The molecular formula is C15H18N2O. The third-order valence-electron chi connectivity index (χ3n) is 4.02. The van der Waals surface area contributed by atoms with Crippen LogP contribution in [0.1, 0.15) is 29.0 Å². The third-order valence-corrected chi connectivity index (χ3v) is 4.02. The molecule has 3 heteroatoms. The van der Waals surface area contributed by atoms with Crippen molar-refractivity contribution in [2.75, 3.05) is 13.1 Å². The molecule has 2 aliphatic rings. The molecule has 0 aromatic carbocycles. The summed E-state index contributed by atoms with van der Waals surface area (Å²) in [6.07, 6.45) is 6.74. The Morgan fingerprint density at radius 1 is 1.22 bits per heavy atom. The molecule has 3 nitrogen and oxygen atoms in total. The maximum atomic E-state index is 12.4. The molecule has 2 heterocycles. The van der Waals surface area contributed by atoms with E-state index < -0.39 is 0 Å². The van der Waals surface area contributed by atoms with Crippen molar-refractivity contribution < 1.29 is 4.79 Å². The number of carbonyl (C=O) groups is 1. The summed E-state index contributed by atoms with van der Waals surface area (Å²) >= 11 is 0. The summed E-state index contributed by atoms with van der Waals surface area (Å²) in [7, 11) is 0. The Morgan fingerprint density at radius 3 is 2.50 bits per heavy atom. The smallest absolute Gasteiger partial charge is 0.272 e. The van der Waals surface area contributed by atoms with Crippen molar-refractivity contribution in [2.24, 2.45) is 11.8 Å². The molecule has 0 radical (unpaired) electrons. The molecule has 3 rings (SSSR count). The molecule has 1 fully saturated rings. The van der Waals surface area contributed by atoms with Crippen LogP contribution in [0.4, 0.5) is 0 Å². The zero-order valence-electron chi connectivity index (χ0n) is 10.7. The molecule has 1 aromatic heterocycles.